The largest absolute Gasteiger partial charge is 0.368 e. The zero-order chi connectivity index (χ0) is 17.4. The van der Waals surface area contributed by atoms with Crippen molar-refractivity contribution >= 4 is 23.4 Å². The highest BCUT2D eigenvalue weighted by molar-refractivity contribution is 6.30. The van der Waals surface area contributed by atoms with Gasteiger partial charge in [0.1, 0.15) is 6.04 Å². The second kappa shape index (κ2) is 9.08. The quantitative estimate of drug-likeness (QED) is 0.772. The fraction of sp³-hybridized carbons (Fsp3) is 0.263. The van der Waals surface area contributed by atoms with Gasteiger partial charge in [-0.15, -0.1) is 0 Å². The first-order valence-electron chi connectivity index (χ1n) is 7.91. The molecular formula is C19H21ClN2O2. The van der Waals surface area contributed by atoms with E-state index in [9.17, 15) is 9.59 Å². The molecule has 2 amide bonds. The molecule has 2 rings (SSSR count). The number of carbonyl (C=O) groups excluding carboxylic acids is 2. The number of primary amides is 1. The first-order valence-corrected chi connectivity index (χ1v) is 8.29. The number of hydrogen-bond acceptors (Lipinski definition) is 2. The van der Waals surface area contributed by atoms with Crippen molar-refractivity contribution in [3.63, 3.8) is 0 Å². The molecule has 0 fully saturated rings. The van der Waals surface area contributed by atoms with Crippen molar-refractivity contribution < 1.29 is 9.59 Å². The van der Waals surface area contributed by atoms with Crippen LogP contribution in [0.3, 0.4) is 0 Å². The van der Waals surface area contributed by atoms with Gasteiger partial charge in [-0.1, -0.05) is 54.1 Å². The van der Waals surface area contributed by atoms with Gasteiger partial charge in [-0.25, -0.2) is 0 Å². The Bertz CT molecular complexity index is 672. The van der Waals surface area contributed by atoms with E-state index in [0.717, 1.165) is 18.4 Å². The van der Waals surface area contributed by atoms with E-state index in [-0.39, 0.29) is 5.91 Å². The van der Waals surface area contributed by atoms with Crippen LogP contribution in [0.15, 0.2) is 54.6 Å². The van der Waals surface area contributed by atoms with Gasteiger partial charge >= 0.3 is 0 Å². The number of amides is 2. The predicted molar refractivity (Wildman–Crippen MR) is 95.7 cm³/mol. The average Bonchev–Trinajstić information content (AvgIpc) is 2.57. The summed E-state index contributed by atoms with van der Waals surface area (Å²) in [5.41, 5.74) is 7.49. The van der Waals surface area contributed by atoms with Gasteiger partial charge in [0.2, 0.25) is 11.8 Å². The van der Waals surface area contributed by atoms with Gasteiger partial charge in [0.15, 0.2) is 0 Å². The highest BCUT2D eigenvalue weighted by Crippen LogP contribution is 2.11. The van der Waals surface area contributed by atoms with Crippen molar-refractivity contribution in [1.82, 2.24) is 5.32 Å². The standard InChI is InChI=1S/C19H21ClN2O2/c20-16-11-9-15(10-12-16)13-17(19(21)24)22-18(23)8-4-7-14-5-2-1-3-6-14/h1-3,5-6,9-12,17H,4,7-8,13H2,(H2,21,24)(H,22,23)/t17-/m0/s1. The van der Waals surface area contributed by atoms with Crippen LogP contribution in [0.25, 0.3) is 0 Å². The maximum absolute atomic E-state index is 12.1. The molecule has 0 aliphatic rings. The number of benzene rings is 2. The summed E-state index contributed by atoms with van der Waals surface area (Å²) in [6.45, 7) is 0. The Kier molecular flexibility index (Phi) is 6.82. The second-order valence-electron chi connectivity index (χ2n) is 5.69. The maximum atomic E-state index is 12.1. The van der Waals surface area contributed by atoms with Crippen LogP contribution in [0.4, 0.5) is 0 Å². The molecule has 5 heteroatoms. The Hall–Kier alpha value is -2.33. The average molecular weight is 345 g/mol. The van der Waals surface area contributed by atoms with Gasteiger partial charge in [0, 0.05) is 17.9 Å². The molecule has 0 unspecified atom stereocenters. The lowest BCUT2D eigenvalue weighted by Crippen LogP contribution is -2.45. The maximum Gasteiger partial charge on any atom is 0.240 e. The molecule has 24 heavy (non-hydrogen) atoms. The first-order chi connectivity index (χ1) is 11.5. The zero-order valence-electron chi connectivity index (χ0n) is 13.4. The third kappa shape index (κ3) is 6.05. The van der Waals surface area contributed by atoms with Crippen molar-refractivity contribution in [2.75, 3.05) is 0 Å². The second-order valence-corrected chi connectivity index (χ2v) is 6.13. The van der Waals surface area contributed by atoms with E-state index in [1.165, 1.54) is 5.56 Å². The van der Waals surface area contributed by atoms with E-state index >= 15 is 0 Å². The molecule has 126 valence electrons. The highest BCUT2D eigenvalue weighted by Gasteiger charge is 2.18. The van der Waals surface area contributed by atoms with Crippen LogP contribution < -0.4 is 11.1 Å². The number of rotatable bonds is 8. The fourth-order valence-corrected chi connectivity index (χ4v) is 2.57. The normalized spacial score (nSPS) is 11.7. The highest BCUT2D eigenvalue weighted by atomic mass is 35.5. The summed E-state index contributed by atoms with van der Waals surface area (Å²) < 4.78 is 0. The van der Waals surface area contributed by atoms with Gasteiger partial charge in [-0.2, -0.15) is 0 Å². The third-order valence-electron chi connectivity index (χ3n) is 3.74. The van der Waals surface area contributed by atoms with Crippen LogP contribution in [0.5, 0.6) is 0 Å². The Labute approximate surface area is 147 Å². The third-order valence-corrected chi connectivity index (χ3v) is 4.00. The number of nitrogens with one attached hydrogen (secondary N) is 1. The van der Waals surface area contributed by atoms with Crippen molar-refractivity contribution in [2.45, 2.75) is 31.7 Å². The van der Waals surface area contributed by atoms with E-state index in [0.29, 0.717) is 17.9 Å². The van der Waals surface area contributed by atoms with Gasteiger partial charge in [-0.3, -0.25) is 9.59 Å². The number of nitrogens with two attached hydrogens (primary N) is 1. The summed E-state index contributed by atoms with van der Waals surface area (Å²) in [5, 5.41) is 3.34. The summed E-state index contributed by atoms with van der Waals surface area (Å²) in [7, 11) is 0. The molecule has 0 radical (unpaired) electrons. The lowest BCUT2D eigenvalue weighted by Gasteiger charge is -2.15. The molecule has 2 aromatic carbocycles. The molecule has 4 nitrogen and oxygen atoms in total. The van der Waals surface area contributed by atoms with Crippen molar-refractivity contribution in [3.05, 3.63) is 70.7 Å². The smallest absolute Gasteiger partial charge is 0.240 e. The molecule has 0 saturated carbocycles. The molecule has 1 atom stereocenters. The van der Waals surface area contributed by atoms with Crippen molar-refractivity contribution in [1.29, 1.82) is 0 Å². The van der Waals surface area contributed by atoms with Gasteiger partial charge < -0.3 is 11.1 Å². The number of aryl methyl sites for hydroxylation is 1. The molecule has 2 aromatic rings. The van der Waals surface area contributed by atoms with Crippen LogP contribution in [0, 0.1) is 0 Å². The zero-order valence-corrected chi connectivity index (χ0v) is 14.1. The molecule has 0 heterocycles. The Morgan fingerprint density at radius 1 is 1.00 bits per heavy atom. The first kappa shape index (κ1) is 18.0. The van der Waals surface area contributed by atoms with E-state index < -0.39 is 11.9 Å². The minimum Gasteiger partial charge on any atom is -0.368 e. The number of carbonyl (C=O) groups is 2. The summed E-state index contributed by atoms with van der Waals surface area (Å²) in [6, 6.07) is 16.4. The Morgan fingerprint density at radius 3 is 2.29 bits per heavy atom. The van der Waals surface area contributed by atoms with Gasteiger partial charge in [-0.05, 0) is 36.1 Å². The molecule has 0 aliphatic heterocycles. The van der Waals surface area contributed by atoms with Crippen LogP contribution >= 0.6 is 11.6 Å². The van der Waals surface area contributed by atoms with E-state index in [1.807, 2.05) is 42.5 Å². The summed E-state index contributed by atoms with van der Waals surface area (Å²) in [4.78, 5) is 23.6. The van der Waals surface area contributed by atoms with E-state index in [4.69, 9.17) is 17.3 Å². The minimum absolute atomic E-state index is 0.163. The fourth-order valence-electron chi connectivity index (χ4n) is 2.44. The van der Waals surface area contributed by atoms with Crippen molar-refractivity contribution in [2.24, 2.45) is 5.73 Å². The molecule has 3 N–H and O–H groups in total. The topological polar surface area (TPSA) is 72.2 Å². The molecular weight excluding hydrogens is 324 g/mol. The Morgan fingerprint density at radius 2 is 1.67 bits per heavy atom. The number of halogens is 1. The van der Waals surface area contributed by atoms with E-state index in [2.05, 4.69) is 5.32 Å². The number of hydrogen-bond donors (Lipinski definition) is 2. The Balaban J connectivity index is 1.82. The molecule has 0 spiro atoms. The summed E-state index contributed by atoms with van der Waals surface area (Å²) in [6.07, 6.45) is 2.27. The lowest BCUT2D eigenvalue weighted by atomic mass is 10.0. The van der Waals surface area contributed by atoms with Crippen LogP contribution in [0.1, 0.15) is 24.0 Å². The molecule has 0 saturated heterocycles. The summed E-state index contributed by atoms with van der Waals surface area (Å²) >= 11 is 5.84. The molecule has 0 aliphatic carbocycles. The predicted octanol–water partition coefficient (Wildman–Crippen LogP) is 2.88. The van der Waals surface area contributed by atoms with Crippen LogP contribution in [-0.4, -0.2) is 17.9 Å². The van der Waals surface area contributed by atoms with Crippen molar-refractivity contribution in [3.8, 4) is 0 Å². The van der Waals surface area contributed by atoms with E-state index in [1.54, 1.807) is 12.1 Å². The van der Waals surface area contributed by atoms with Crippen LogP contribution in [0.2, 0.25) is 5.02 Å². The monoisotopic (exact) mass is 344 g/mol. The minimum atomic E-state index is -0.713. The van der Waals surface area contributed by atoms with Gasteiger partial charge in [0.05, 0.1) is 0 Å². The van der Waals surface area contributed by atoms with Gasteiger partial charge in [0.25, 0.3) is 0 Å². The molecule has 0 aromatic heterocycles. The van der Waals surface area contributed by atoms with Crippen LogP contribution in [-0.2, 0) is 22.4 Å². The SMILES string of the molecule is NC(=O)[C@H](Cc1ccc(Cl)cc1)NC(=O)CCCc1ccccc1. The molecule has 0 bridgehead atoms. The lowest BCUT2D eigenvalue weighted by molar-refractivity contribution is -0.127. The summed E-state index contributed by atoms with van der Waals surface area (Å²) in [5.74, 6) is -0.704.